The number of H-pyrrole nitrogens is 1. The number of esters is 1. The van der Waals surface area contributed by atoms with Gasteiger partial charge in [-0.25, -0.2) is 9.36 Å². The van der Waals surface area contributed by atoms with Crippen LogP contribution in [0.5, 0.6) is 5.75 Å². The van der Waals surface area contributed by atoms with Gasteiger partial charge < -0.3 is 24.2 Å². The van der Waals surface area contributed by atoms with Gasteiger partial charge in [-0.15, -0.1) is 0 Å². The monoisotopic (exact) mass is 485 g/mol. The van der Waals surface area contributed by atoms with Crippen LogP contribution in [0.1, 0.15) is 13.2 Å². The number of carbonyl (C=O) groups excluding carboxylic acids is 1. The first-order chi connectivity index (χ1) is 15.6. The van der Waals surface area contributed by atoms with Gasteiger partial charge in [-0.1, -0.05) is 18.2 Å². The van der Waals surface area contributed by atoms with Gasteiger partial charge in [0.05, 0.1) is 13.7 Å². The number of rotatable bonds is 9. The molecule has 33 heavy (non-hydrogen) atoms. The average Bonchev–Trinajstić information content (AvgIpc) is 3.06. The van der Waals surface area contributed by atoms with E-state index in [2.05, 4.69) is 9.82 Å². The van der Waals surface area contributed by atoms with Gasteiger partial charge in [0.15, 0.2) is 6.23 Å². The van der Waals surface area contributed by atoms with Crippen LogP contribution in [0.15, 0.2) is 52.2 Å². The molecule has 0 bridgehead atoms. The molecule has 180 valence electrons. The summed E-state index contributed by atoms with van der Waals surface area (Å²) in [5.74, 6) is -0.545. The van der Waals surface area contributed by atoms with Crippen molar-refractivity contribution >= 4 is 13.7 Å². The Hall–Kier alpha value is -2.80. The van der Waals surface area contributed by atoms with Crippen molar-refractivity contribution < 1.29 is 38.1 Å². The molecule has 0 radical (unpaired) electrons. The summed E-state index contributed by atoms with van der Waals surface area (Å²) >= 11 is 0. The number of methoxy groups -OCH3 is 1. The Balaban J connectivity index is 1.76. The van der Waals surface area contributed by atoms with E-state index >= 15 is 0 Å². The molecule has 0 spiro atoms. The number of benzene rings is 1. The van der Waals surface area contributed by atoms with Crippen molar-refractivity contribution in [3.63, 3.8) is 0 Å². The van der Waals surface area contributed by atoms with Gasteiger partial charge in [-0.05, 0) is 19.1 Å². The van der Waals surface area contributed by atoms with Crippen LogP contribution in [0.2, 0.25) is 0 Å². The minimum Gasteiger partial charge on any atom is -0.468 e. The minimum absolute atomic E-state index is 0.177. The maximum Gasteiger partial charge on any atom is 0.459 e. The standard InChI is InChI=1S/C19H24N3O10P/c1-11(18(26)29-2)21-33(28,32-12-6-4-3-5-7-12)30-10-13-15(24)16(25)17(31-13)22-9-8-14(23)20-19(22)27/h3-9,11,13,15-17,24-25H,10H2,1-2H3,(H,21,28)(H,20,23,27)/t11-,13+,15+,16+,17+,33?/m0/s1. The van der Waals surface area contributed by atoms with Crippen molar-refractivity contribution in [1.29, 1.82) is 0 Å². The van der Waals surface area contributed by atoms with Crippen LogP contribution in [0.3, 0.4) is 0 Å². The molecule has 1 unspecified atom stereocenters. The van der Waals surface area contributed by atoms with Crippen molar-refractivity contribution in [1.82, 2.24) is 14.6 Å². The molecule has 1 aromatic carbocycles. The van der Waals surface area contributed by atoms with Crippen LogP contribution in [0.25, 0.3) is 0 Å². The predicted octanol–water partition coefficient (Wildman–Crippen LogP) is -0.489. The molecule has 14 heteroatoms. The predicted molar refractivity (Wildman–Crippen MR) is 112 cm³/mol. The second kappa shape index (κ2) is 10.4. The Morgan fingerprint density at radius 2 is 1.94 bits per heavy atom. The van der Waals surface area contributed by atoms with Crippen molar-refractivity contribution in [3.8, 4) is 5.75 Å². The summed E-state index contributed by atoms with van der Waals surface area (Å²) in [6.07, 6.45) is -4.55. The number of hydrogen-bond donors (Lipinski definition) is 4. The SMILES string of the molecule is COC(=O)[C@H](C)NP(=O)(OC[C@H]1O[C@@H](n2ccc(=O)[nH]c2=O)[C@H](O)[C@@H]1O)Oc1ccccc1. The van der Waals surface area contributed by atoms with E-state index in [1.165, 1.54) is 19.1 Å². The summed E-state index contributed by atoms with van der Waals surface area (Å²) < 4.78 is 35.2. The van der Waals surface area contributed by atoms with Crippen molar-refractivity contribution in [2.75, 3.05) is 13.7 Å². The molecule has 1 fully saturated rings. The van der Waals surface area contributed by atoms with E-state index in [0.29, 0.717) is 0 Å². The second-order valence-corrected chi connectivity index (χ2v) is 8.83. The Labute approximate surface area is 187 Å². The number of aromatic nitrogens is 2. The highest BCUT2D eigenvalue weighted by molar-refractivity contribution is 7.52. The van der Waals surface area contributed by atoms with E-state index < -0.39 is 62.2 Å². The Bertz CT molecular complexity index is 1120. The fraction of sp³-hybridized carbons (Fsp3) is 0.421. The summed E-state index contributed by atoms with van der Waals surface area (Å²) in [5.41, 5.74) is -1.50. The fourth-order valence-electron chi connectivity index (χ4n) is 3.07. The van der Waals surface area contributed by atoms with Gasteiger partial charge in [0.1, 0.15) is 30.1 Å². The lowest BCUT2D eigenvalue weighted by Gasteiger charge is -2.24. The zero-order valence-electron chi connectivity index (χ0n) is 17.7. The Morgan fingerprint density at radius 1 is 1.24 bits per heavy atom. The number of nitrogens with zero attached hydrogens (tertiary/aromatic N) is 1. The zero-order valence-corrected chi connectivity index (χ0v) is 18.6. The molecule has 3 rings (SSSR count). The summed E-state index contributed by atoms with van der Waals surface area (Å²) in [6, 6.07) is 8.00. The molecule has 2 aromatic rings. The van der Waals surface area contributed by atoms with Gasteiger partial charge in [-0.2, -0.15) is 5.09 Å². The molecule has 0 amide bonds. The highest BCUT2D eigenvalue weighted by Gasteiger charge is 2.45. The first-order valence-electron chi connectivity index (χ1n) is 9.81. The molecule has 4 N–H and O–H groups in total. The van der Waals surface area contributed by atoms with Gasteiger partial charge in [0.2, 0.25) is 0 Å². The average molecular weight is 485 g/mol. The molecular formula is C19H24N3O10P. The number of nitrogens with one attached hydrogen (secondary N) is 2. The highest BCUT2D eigenvalue weighted by atomic mass is 31.2. The van der Waals surface area contributed by atoms with Gasteiger partial charge in [0.25, 0.3) is 5.56 Å². The van der Waals surface area contributed by atoms with Crippen LogP contribution < -0.4 is 20.9 Å². The molecule has 2 heterocycles. The maximum atomic E-state index is 13.3. The van der Waals surface area contributed by atoms with Crippen LogP contribution in [-0.2, 0) is 23.4 Å². The lowest BCUT2D eigenvalue weighted by Crippen LogP contribution is -2.38. The number of aliphatic hydroxyl groups excluding tert-OH is 2. The third-order valence-corrected chi connectivity index (χ3v) is 6.39. The number of aliphatic hydroxyl groups is 2. The van der Waals surface area contributed by atoms with E-state index in [4.69, 9.17) is 13.8 Å². The number of para-hydroxylation sites is 1. The highest BCUT2D eigenvalue weighted by Crippen LogP contribution is 2.45. The summed E-state index contributed by atoms with van der Waals surface area (Å²) in [6.45, 7) is 0.845. The molecule has 1 aliphatic heterocycles. The molecule has 13 nitrogen and oxygen atoms in total. The van der Waals surface area contributed by atoms with Crippen molar-refractivity contribution in [2.24, 2.45) is 0 Å². The molecule has 0 saturated carbocycles. The van der Waals surface area contributed by atoms with Crippen molar-refractivity contribution in [3.05, 3.63) is 63.4 Å². The Kier molecular flexibility index (Phi) is 7.84. The normalized spacial score (nSPS) is 25.2. The van der Waals surface area contributed by atoms with Crippen LogP contribution >= 0.6 is 7.75 Å². The van der Waals surface area contributed by atoms with Crippen LogP contribution in [-0.4, -0.2) is 63.8 Å². The number of aromatic amines is 1. The quantitative estimate of drug-likeness (QED) is 0.266. The first kappa shape index (κ1) is 24.8. The molecule has 1 aromatic heterocycles. The van der Waals surface area contributed by atoms with Gasteiger partial charge in [0, 0.05) is 12.3 Å². The van der Waals surface area contributed by atoms with Crippen LogP contribution in [0, 0.1) is 0 Å². The van der Waals surface area contributed by atoms with Gasteiger partial charge >= 0.3 is 19.4 Å². The maximum absolute atomic E-state index is 13.3. The molecule has 0 aliphatic carbocycles. The Morgan fingerprint density at radius 3 is 2.58 bits per heavy atom. The van der Waals surface area contributed by atoms with Gasteiger partial charge in [-0.3, -0.25) is 23.7 Å². The molecule has 1 aliphatic rings. The molecular weight excluding hydrogens is 461 g/mol. The number of carbonyl (C=O) groups is 1. The summed E-state index contributed by atoms with van der Waals surface area (Å²) in [5, 5.41) is 23.1. The third-order valence-electron chi connectivity index (χ3n) is 4.75. The smallest absolute Gasteiger partial charge is 0.459 e. The lowest BCUT2D eigenvalue weighted by molar-refractivity contribution is -0.142. The largest absolute Gasteiger partial charge is 0.468 e. The first-order valence-corrected chi connectivity index (χ1v) is 11.4. The topological polar surface area (TPSA) is 178 Å². The summed E-state index contributed by atoms with van der Waals surface area (Å²) in [4.78, 5) is 37.1. The van der Waals surface area contributed by atoms with Crippen LogP contribution in [0.4, 0.5) is 0 Å². The lowest BCUT2D eigenvalue weighted by atomic mass is 10.1. The van der Waals surface area contributed by atoms with E-state index in [0.717, 1.165) is 23.9 Å². The summed E-state index contributed by atoms with van der Waals surface area (Å²) in [7, 11) is -3.05. The molecule has 6 atom stereocenters. The second-order valence-electron chi connectivity index (χ2n) is 7.14. The van der Waals surface area contributed by atoms with E-state index in [9.17, 15) is 29.2 Å². The number of hydrogen-bond acceptors (Lipinski definition) is 10. The fourth-order valence-corrected chi connectivity index (χ4v) is 4.57. The van der Waals surface area contributed by atoms with Crippen molar-refractivity contribution in [2.45, 2.75) is 37.5 Å². The number of ether oxygens (including phenoxy) is 2. The molecule has 1 saturated heterocycles. The minimum atomic E-state index is -4.21. The third kappa shape index (κ3) is 5.96. The zero-order chi connectivity index (χ0) is 24.2. The van der Waals surface area contributed by atoms with E-state index in [-0.39, 0.29) is 5.75 Å². The van der Waals surface area contributed by atoms with E-state index in [1.54, 1.807) is 18.2 Å². The van der Waals surface area contributed by atoms with E-state index in [1.807, 2.05) is 4.98 Å².